The van der Waals surface area contributed by atoms with Gasteiger partial charge in [-0.25, -0.2) is 0 Å². The normalized spacial score (nSPS) is 6.19. The second kappa shape index (κ2) is 31.4. The maximum atomic E-state index is 3.56. The molecule has 0 aromatic carbocycles. The molecule has 0 atom stereocenters. The molecule has 0 saturated heterocycles. The van der Waals surface area contributed by atoms with E-state index in [4.69, 9.17) is 0 Å². The van der Waals surface area contributed by atoms with Crippen molar-refractivity contribution in [2.45, 2.75) is 69.2 Å². The molecule has 0 rings (SSSR count). The van der Waals surface area contributed by atoms with E-state index < -0.39 is 0 Å². The average molecular weight is 317 g/mol. The van der Waals surface area contributed by atoms with Gasteiger partial charge < -0.3 is 0 Å². The Morgan fingerprint density at radius 2 is 0.333 bits per heavy atom. The predicted octanol–water partition coefficient (Wildman–Crippen LogP) is 8.33. The molecule has 0 fully saturated rings. The van der Waals surface area contributed by atoms with Crippen LogP contribution in [0.5, 0.6) is 0 Å². The lowest BCUT2D eigenvalue weighted by Gasteiger charge is -1.65. The van der Waals surface area contributed by atoms with Crippen LogP contribution in [0.4, 0.5) is 0 Å². The van der Waals surface area contributed by atoms with Crippen LogP contribution in [0.2, 0.25) is 0 Å². The van der Waals surface area contributed by atoms with E-state index in [1.807, 2.05) is 69.2 Å². The summed E-state index contributed by atoms with van der Waals surface area (Å²) >= 11 is 0. The molecule has 21 heavy (non-hydrogen) atoms. The first-order chi connectivity index (χ1) is 8.66. The SMILES string of the molecule is C=C(C)C.C=C(C)C.C=C(C)C.C=C(C)C.C=C(C)C.Cl. The van der Waals surface area contributed by atoms with Gasteiger partial charge >= 0.3 is 0 Å². The van der Waals surface area contributed by atoms with Crippen LogP contribution in [0.25, 0.3) is 0 Å². The maximum absolute atomic E-state index is 3.56. The summed E-state index contributed by atoms with van der Waals surface area (Å²) in [6, 6.07) is 0. The highest BCUT2D eigenvalue weighted by molar-refractivity contribution is 5.85. The highest BCUT2D eigenvalue weighted by Gasteiger charge is 1.53. The Hall–Kier alpha value is -1.01. The second-order valence-corrected chi connectivity index (χ2v) is 6.04. The van der Waals surface area contributed by atoms with Crippen molar-refractivity contribution in [2.24, 2.45) is 0 Å². The van der Waals surface area contributed by atoms with Crippen molar-refractivity contribution in [1.82, 2.24) is 0 Å². The van der Waals surface area contributed by atoms with Crippen molar-refractivity contribution < 1.29 is 0 Å². The number of halogens is 1. The summed E-state index contributed by atoms with van der Waals surface area (Å²) in [5, 5.41) is 0. The van der Waals surface area contributed by atoms with Crippen LogP contribution in [0.3, 0.4) is 0 Å². The molecule has 0 aromatic rings. The number of rotatable bonds is 0. The van der Waals surface area contributed by atoms with Gasteiger partial charge in [0.1, 0.15) is 0 Å². The quantitative estimate of drug-likeness (QED) is 0.394. The molecule has 0 aliphatic heterocycles. The number of allylic oxidation sites excluding steroid dienone is 5. The van der Waals surface area contributed by atoms with Crippen LogP contribution in [-0.2, 0) is 0 Å². The van der Waals surface area contributed by atoms with E-state index in [9.17, 15) is 0 Å². The molecule has 0 bridgehead atoms. The molecule has 1 heteroatoms. The third kappa shape index (κ3) is 5370. The van der Waals surface area contributed by atoms with Gasteiger partial charge in [0.15, 0.2) is 0 Å². The van der Waals surface area contributed by atoms with Crippen LogP contribution in [0, 0.1) is 0 Å². The maximum Gasteiger partial charge on any atom is -0.0445 e. The van der Waals surface area contributed by atoms with Gasteiger partial charge in [0.2, 0.25) is 0 Å². The highest BCUT2D eigenvalue weighted by atomic mass is 35.5. The van der Waals surface area contributed by atoms with Crippen LogP contribution in [-0.4, -0.2) is 0 Å². The van der Waals surface area contributed by atoms with Gasteiger partial charge in [-0.1, -0.05) is 27.9 Å². The van der Waals surface area contributed by atoms with Gasteiger partial charge in [0.25, 0.3) is 0 Å². The van der Waals surface area contributed by atoms with Gasteiger partial charge in [-0.2, -0.15) is 0 Å². The summed E-state index contributed by atoms with van der Waals surface area (Å²) in [4.78, 5) is 0. The summed E-state index contributed by atoms with van der Waals surface area (Å²) in [5.74, 6) is 0. The predicted molar refractivity (Wildman–Crippen MR) is 110 cm³/mol. The molecular formula is C20H41Cl. The zero-order valence-corrected chi connectivity index (χ0v) is 17.3. The van der Waals surface area contributed by atoms with Crippen LogP contribution in [0.15, 0.2) is 60.8 Å². The molecule has 0 amide bonds. The fraction of sp³-hybridized carbons (Fsp3) is 0.500. The third-order valence-corrected chi connectivity index (χ3v) is 0. The van der Waals surface area contributed by atoms with E-state index in [1.165, 1.54) is 27.9 Å². The van der Waals surface area contributed by atoms with E-state index in [2.05, 4.69) is 32.9 Å². The van der Waals surface area contributed by atoms with Gasteiger partial charge in [-0.05, 0) is 69.2 Å². The number of hydrogen-bond donors (Lipinski definition) is 0. The zero-order valence-electron chi connectivity index (χ0n) is 16.4. The van der Waals surface area contributed by atoms with E-state index in [1.54, 1.807) is 0 Å². The minimum atomic E-state index is 0. The zero-order chi connectivity index (χ0) is 17.9. The van der Waals surface area contributed by atoms with Crippen molar-refractivity contribution in [2.75, 3.05) is 0 Å². The number of hydrogen-bond acceptors (Lipinski definition) is 0. The molecule has 0 heterocycles. The van der Waals surface area contributed by atoms with Crippen molar-refractivity contribution in [1.29, 1.82) is 0 Å². The summed E-state index contributed by atoms with van der Waals surface area (Å²) in [6.07, 6.45) is 0. The molecule has 0 radical (unpaired) electrons. The van der Waals surface area contributed by atoms with Gasteiger partial charge in [-0.3, -0.25) is 0 Å². The van der Waals surface area contributed by atoms with Crippen LogP contribution < -0.4 is 0 Å². The Morgan fingerprint density at radius 1 is 0.333 bits per heavy atom. The minimum Gasteiger partial charge on any atom is -0.147 e. The van der Waals surface area contributed by atoms with Gasteiger partial charge in [0, 0.05) is 0 Å². The minimum absolute atomic E-state index is 0. The van der Waals surface area contributed by atoms with E-state index >= 15 is 0 Å². The average Bonchev–Trinajstić information content (AvgIpc) is 1.94. The monoisotopic (exact) mass is 316 g/mol. The molecule has 0 aromatic heterocycles. The Bertz CT molecular complexity index is 191. The Kier molecular flexibility index (Phi) is 55.1. The molecule has 0 aliphatic rings. The summed E-state index contributed by atoms with van der Waals surface area (Å²) in [7, 11) is 0. The third-order valence-electron chi connectivity index (χ3n) is 0. The van der Waals surface area contributed by atoms with Crippen molar-refractivity contribution >= 4 is 12.4 Å². The van der Waals surface area contributed by atoms with E-state index in [0.717, 1.165) is 0 Å². The molecule has 0 aliphatic carbocycles. The topological polar surface area (TPSA) is 0 Å². The lowest BCUT2D eigenvalue weighted by Crippen LogP contribution is -1.43. The highest BCUT2D eigenvalue weighted by Crippen LogP contribution is 1.75. The summed E-state index contributed by atoms with van der Waals surface area (Å²) in [5.41, 5.74) is 5.83. The van der Waals surface area contributed by atoms with Crippen molar-refractivity contribution in [3.8, 4) is 0 Å². The largest absolute Gasteiger partial charge is 0.147 e. The van der Waals surface area contributed by atoms with E-state index in [-0.39, 0.29) is 12.4 Å². The fourth-order valence-corrected chi connectivity index (χ4v) is 0. The van der Waals surface area contributed by atoms with Gasteiger partial charge in [-0.15, -0.1) is 45.3 Å². The molecule has 128 valence electrons. The standard InChI is InChI=1S/5C4H8.ClH/c5*1-4(2)3;/h5*1H2,2-3H3;1H. The fourth-order valence-electron chi connectivity index (χ4n) is 0. The first kappa shape index (κ1) is 36.8. The lowest BCUT2D eigenvalue weighted by atomic mass is 10.4. The lowest BCUT2D eigenvalue weighted by molar-refractivity contribution is 1.42. The van der Waals surface area contributed by atoms with Crippen molar-refractivity contribution in [3.63, 3.8) is 0 Å². The van der Waals surface area contributed by atoms with Gasteiger partial charge in [0.05, 0.1) is 0 Å². The van der Waals surface area contributed by atoms with Crippen LogP contribution >= 0.6 is 12.4 Å². The first-order valence-corrected chi connectivity index (χ1v) is 6.77. The molecular weight excluding hydrogens is 276 g/mol. The smallest absolute Gasteiger partial charge is 0.0445 e. The summed E-state index contributed by atoms with van der Waals surface area (Å²) in [6.45, 7) is 37.5. The molecule has 0 nitrogen and oxygen atoms in total. The Labute approximate surface area is 142 Å². The molecule has 0 N–H and O–H groups in total. The van der Waals surface area contributed by atoms with E-state index in [0.29, 0.717) is 0 Å². The molecule has 0 spiro atoms. The Morgan fingerprint density at radius 3 is 0.333 bits per heavy atom. The van der Waals surface area contributed by atoms with Crippen molar-refractivity contribution in [3.05, 3.63) is 60.8 Å². The molecule has 0 unspecified atom stereocenters. The summed E-state index contributed by atoms with van der Waals surface area (Å²) < 4.78 is 0. The second-order valence-electron chi connectivity index (χ2n) is 6.04. The molecule has 0 saturated carbocycles. The first-order valence-electron chi connectivity index (χ1n) is 6.77. The Balaban J connectivity index is -0.0000000331. The van der Waals surface area contributed by atoms with Crippen LogP contribution in [0.1, 0.15) is 69.2 Å².